The number of aliphatic hydroxyl groups excluding tert-OH is 1. The minimum Gasteiger partial charge on any atom is -0.396 e. The molecule has 2 rings (SSSR count). The maximum absolute atomic E-state index is 9.20. The highest BCUT2D eigenvalue weighted by atomic mass is 16.3. The summed E-state index contributed by atoms with van der Waals surface area (Å²) < 4.78 is 0. The van der Waals surface area contributed by atoms with E-state index in [0.29, 0.717) is 11.5 Å². The van der Waals surface area contributed by atoms with Gasteiger partial charge in [-0.25, -0.2) is 0 Å². The highest BCUT2D eigenvalue weighted by Gasteiger charge is 2.27. The van der Waals surface area contributed by atoms with Crippen molar-refractivity contribution < 1.29 is 5.11 Å². The van der Waals surface area contributed by atoms with E-state index in [1.165, 1.54) is 18.4 Å². The molecule has 1 aromatic rings. The predicted molar refractivity (Wildman–Crippen MR) is 58.6 cm³/mol. The lowest BCUT2D eigenvalue weighted by molar-refractivity contribution is 0.272. The van der Waals surface area contributed by atoms with Gasteiger partial charge in [-0.3, -0.25) is 0 Å². The maximum Gasteiger partial charge on any atom is 0.0991 e. The lowest BCUT2D eigenvalue weighted by Gasteiger charge is -2.14. The van der Waals surface area contributed by atoms with Crippen LogP contribution in [0.5, 0.6) is 0 Å². The first kappa shape index (κ1) is 10.2. The molecule has 1 unspecified atom stereocenters. The number of nitrogens with zero attached hydrogens (tertiary/aromatic N) is 1. The fourth-order valence-corrected chi connectivity index (χ4v) is 1.94. The Bertz CT molecular complexity index is 401. The fraction of sp³-hybridized carbons (Fsp3) is 0.462. The van der Waals surface area contributed by atoms with Crippen molar-refractivity contribution in [3.05, 3.63) is 34.9 Å². The van der Waals surface area contributed by atoms with Crippen LogP contribution in [0.4, 0.5) is 0 Å². The molecule has 2 nitrogen and oxygen atoms in total. The van der Waals surface area contributed by atoms with E-state index >= 15 is 0 Å². The van der Waals surface area contributed by atoms with Gasteiger partial charge in [0.15, 0.2) is 0 Å². The van der Waals surface area contributed by atoms with Gasteiger partial charge in [-0.05, 0) is 42.0 Å². The number of nitriles is 1. The summed E-state index contributed by atoms with van der Waals surface area (Å²) >= 11 is 0. The van der Waals surface area contributed by atoms with Crippen LogP contribution in [0.15, 0.2) is 18.2 Å². The van der Waals surface area contributed by atoms with Gasteiger partial charge in [0, 0.05) is 12.5 Å². The molecular weight excluding hydrogens is 186 g/mol. The van der Waals surface area contributed by atoms with Crippen LogP contribution in [0.25, 0.3) is 0 Å². The normalized spacial score (nSPS) is 17.1. The smallest absolute Gasteiger partial charge is 0.0991 e. The maximum atomic E-state index is 9.20. The summed E-state index contributed by atoms with van der Waals surface area (Å²) in [4.78, 5) is 0. The third-order valence-electron chi connectivity index (χ3n) is 3.04. The molecule has 0 saturated heterocycles. The van der Waals surface area contributed by atoms with Crippen molar-refractivity contribution in [1.29, 1.82) is 5.26 Å². The van der Waals surface area contributed by atoms with Gasteiger partial charge in [-0.1, -0.05) is 13.0 Å². The molecule has 0 amide bonds. The SMILES string of the molecule is CC(CO)c1cc(C#N)ccc1C1CC1. The molecule has 1 aromatic carbocycles. The summed E-state index contributed by atoms with van der Waals surface area (Å²) in [5.41, 5.74) is 3.17. The number of hydrogen-bond acceptors (Lipinski definition) is 2. The van der Waals surface area contributed by atoms with Crippen molar-refractivity contribution in [2.45, 2.75) is 31.6 Å². The third-order valence-corrected chi connectivity index (χ3v) is 3.04. The molecule has 78 valence electrons. The summed E-state index contributed by atoms with van der Waals surface area (Å²) in [5.74, 6) is 0.802. The zero-order valence-corrected chi connectivity index (χ0v) is 8.90. The van der Waals surface area contributed by atoms with Gasteiger partial charge in [0.25, 0.3) is 0 Å². The van der Waals surface area contributed by atoms with Crippen molar-refractivity contribution in [2.75, 3.05) is 6.61 Å². The Kier molecular flexibility index (Phi) is 2.75. The Labute approximate surface area is 90.2 Å². The molecule has 0 aliphatic heterocycles. The summed E-state index contributed by atoms with van der Waals surface area (Å²) in [5, 5.41) is 18.0. The van der Waals surface area contributed by atoms with E-state index in [1.54, 1.807) is 0 Å². The first-order valence-electron chi connectivity index (χ1n) is 5.41. The fourth-order valence-electron chi connectivity index (χ4n) is 1.94. The van der Waals surface area contributed by atoms with Gasteiger partial charge in [0.05, 0.1) is 11.6 Å². The summed E-state index contributed by atoms with van der Waals surface area (Å²) in [6, 6.07) is 8.01. The average molecular weight is 201 g/mol. The van der Waals surface area contributed by atoms with Gasteiger partial charge in [0.2, 0.25) is 0 Å². The van der Waals surface area contributed by atoms with Crippen molar-refractivity contribution >= 4 is 0 Å². The second-order valence-electron chi connectivity index (χ2n) is 4.31. The van der Waals surface area contributed by atoms with Crippen LogP contribution >= 0.6 is 0 Å². The van der Waals surface area contributed by atoms with Crippen LogP contribution in [-0.2, 0) is 0 Å². The van der Waals surface area contributed by atoms with Gasteiger partial charge in [-0.15, -0.1) is 0 Å². The molecule has 0 heterocycles. The molecule has 1 N–H and O–H groups in total. The first-order valence-corrected chi connectivity index (χ1v) is 5.41. The van der Waals surface area contributed by atoms with E-state index in [2.05, 4.69) is 12.1 Å². The molecule has 1 atom stereocenters. The molecule has 0 bridgehead atoms. The Balaban J connectivity index is 2.41. The van der Waals surface area contributed by atoms with Crippen LogP contribution in [0, 0.1) is 11.3 Å². The number of hydrogen-bond donors (Lipinski definition) is 1. The van der Waals surface area contributed by atoms with E-state index < -0.39 is 0 Å². The van der Waals surface area contributed by atoms with Gasteiger partial charge in [0.1, 0.15) is 0 Å². The van der Waals surface area contributed by atoms with Crippen molar-refractivity contribution in [3.63, 3.8) is 0 Å². The van der Waals surface area contributed by atoms with E-state index in [-0.39, 0.29) is 12.5 Å². The minimum atomic E-state index is 0.133. The number of aliphatic hydroxyl groups is 1. The van der Waals surface area contributed by atoms with Gasteiger partial charge >= 0.3 is 0 Å². The van der Waals surface area contributed by atoms with Gasteiger partial charge < -0.3 is 5.11 Å². The molecule has 0 radical (unpaired) electrons. The number of rotatable bonds is 3. The highest BCUT2D eigenvalue weighted by Crippen LogP contribution is 2.43. The lowest BCUT2D eigenvalue weighted by atomic mass is 9.92. The summed E-state index contributed by atoms with van der Waals surface area (Å²) in [6.45, 7) is 2.15. The van der Waals surface area contributed by atoms with Crippen molar-refractivity contribution in [3.8, 4) is 6.07 Å². The zero-order chi connectivity index (χ0) is 10.8. The van der Waals surface area contributed by atoms with E-state index in [0.717, 1.165) is 5.56 Å². The molecule has 1 saturated carbocycles. The van der Waals surface area contributed by atoms with E-state index in [4.69, 9.17) is 5.26 Å². The summed E-state index contributed by atoms with van der Waals surface area (Å²) in [6.07, 6.45) is 2.49. The molecule has 1 aliphatic rings. The van der Waals surface area contributed by atoms with Crippen LogP contribution in [0.2, 0.25) is 0 Å². The minimum absolute atomic E-state index is 0.133. The quantitative estimate of drug-likeness (QED) is 0.816. The van der Waals surface area contributed by atoms with Crippen LogP contribution in [0.1, 0.15) is 48.3 Å². The third kappa shape index (κ3) is 2.03. The largest absolute Gasteiger partial charge is 0.396 e. The monoisotopic (exact) mass is 201 g/mol. The second-order valence-corrected chi connectivity index (χ2v) is 4.31. The Morgan fingerprint density at radius 1 is 1.53 bits per heavy atom. The van der Waals surface area contributed by atoms with E-state index in [9.17, 15) is 5.11 Å². The Morgan fingerprint density at radius 3 is 2.80 bits per heavy atom. The van der Waals surface area contributed by atoms with Crippen LogP contribution in [0.3, 0.4) is 0 Å². The number of benzene rings is 1. The standard InChI is InChI=1S/C13H15NO/c1-9(8-15)13-6-10(7-14)2-5-12(13)11-3-4-11/h2,5-6,9,11,15H,3-4,8H2,1H3. The lowest BCUT2D eigenvalue weighted by Crippen LogP contribution is -2.03. The summed E-state index contributed by atoms with van der Waals surface area (Å²) in [7, 11) is 0. The molecule has 0 aromatic heterocycles. The Morgan fingerprint density at radius 2 is 2.27 bits per heavy atom. The van der Waals surface area contributed by atoms with E-state index in [1.807, 2.05) is 19.1 Å². The van der Waals surface area contributed by atoms with Crippen LogP contribution < -0.4 is 0 Å². The topological polar surface area (TPSA) is 44.0 Å². The van der Waals surface area contributed by atoms with Crippen molar-refractivity contribution in [2.24, 2.45) is 0 Å². The average Bonchev–Trinajstić information content (AvgIpc) is 3.11. The zero-order valence-electron chi connectivity index (χ0n) is 8.90. The molecule has 0 spiro atoms. The molecule has 2 heteroatoms. The van der Waals surface area contributed by atoms with Crippen LogP contribution in [-0.4, -0.2) is 11.7 Å². The molecular formula is C13H15NO. The molecule has 1 fully saturated rings. The van der Waals surface area contributed by atoms with Crippen molar-refractivity contribution in [1.82, 2.24) is 0 Å². The predicted octanol–water partition coefficient (Wildman–Crippen LogP) is 2.53. The van der Waals surface area contributed by atoms with Gasteiger partial charge in [-0.2, -0.15) is 5.26 Å². The first-order chi connectivity index (χ1) is 7.26. The Hall–Kier alpha value is -1.33. The second kappa shape index (κ2) is 4.04. The molecule has 15 heavy (non-hydrogen) atoms. The molecule has 1 aliphatic carbocycles. The highest BCUT2D eigenvalue weighted by molar-refractivity contribution is 5.42.